The van der Waals surface area contributed by atoms with Crippen molar-refractivity contribution in [3.05, 3.63) is 59.9 Å². The molecule has 0 fully saturated rings. The highest BCUT2D eigenvalue weighted by molar-refractivity contribution is 5.33. The van der Waals surface area contributed by atoms with Crippen LogP contribution in [0.1, 0.15) is 38.0 Å². The van der Waals surface area contributed by atoms with Crippen LogP contribution in [-0.4, -0.2) is 11.5 Å². The van der Waals surface area contributed by atoms with Gasteiger partial charge in [-0.15, -0.1) is 0 Å². The lowest BCUT2D eigenvalue weighted by Crippen LogP contribution is -2.19. The summed E-state index contributed by atoms with van der Waals surface area (Å²) in [7, 11) is 0. The van der Waals surface area contributed by atoms with E-state index in [9.17, 15) is 0 Å². The number of nitrogens with two attached hydrogens (primary N) is 1. The van der Waals surface area contributed by atoms with Gasteiger partial charge in [0, 0.05) is 24.5 Å². The van der Waals surface area contributed by atoms with E-state index in [0.717, 1.165) is 11.3 Å². The Morgan fingerprint density at radius 3 is 2.60 bits per heavy atom. The van der Waals surface area contributed by atoms with Gasteiger partial charge in [0.25, 0.3) is 0 Å². The van der Waals surface area contributed by atoms with E-state index in [0.29, 0.717) is 6.54 Å². The average Bonchev–Trinajstić information content (AvgIpc) is 2.45. The molecule has 2 rings (SSSR count). The Morgan fingerprint density at radius 1 is 1.20 bits per heavy atom. The molecule has 0 aliphatic rings. The maximum Gasteiger partial charge on any atom is 0.137 e. The summed E-state index contributed by atoms with van der Waals surface area (Å²) in [6, 6.07) is 12.1. The Labute approximate surface area is 120 Å². The lowest BCUT2D eigenvalue weighted by Gasteiger charge is -2.22. The van der Waals surface area contributed by atoms with Crippen molar-refractivity contribution >= 4 is 0 Å². The van der Waals surface area contributed by atoms with Gasteiger partial charge in [0.2, 0.25) is 0 Å². The number of aromatic nitrogens is 1. The summed E-state index contributed by atoms with van der Waals surface area (Å²) >= 11 is 0. The monoisotopic (exact) mass is 270 g/mol. The molecule has 1 heterocycles. The SMILES string of the molecule is CC(C)(C)c1cccc(OC(CN)c2cccnc2)c1. The second kappa shape index (κ2) is 6.06. The van der Waals surface area contributed by atoms with E-state index in [1.54, 1.807) is 12.4 Å². The molecule has 3 heteroatoms. The number of nitrogens with zero attached hydrogens (tertiary/aromatic N) is 1. The molecule has 1 aromatic carbocycles. The molecule has 106 valence electrons. The van der Waals surface area contributed by atoms with Crippen LogP contribution in [0, 0.1) is 0 Å². The second-order valence-corrected chi connectivity index (χ2v) is 5.91. The normalized spacial score (nSPS) is 13.0. The summed E-state index contributed by atoms with van der Waals surface area (Å²) in [5.41, 5.74) is 8.17. The molecule has 0 amide bonds. The van der Waals surface area contributed by atoms with Crippen molar-refractivity contribution in [3.8, 4) is 5.75 Å². The lowest BCUT2D eigenvalue weighted by atomic mass is 9.87. The third-order valence-electron chi connectivity index (χ3n) is 3.25. The van der Waals surface area contributed by atoms with Gasteiger partial charge in [-0.3, -0.25) is 4.98 Å². The Bertz CT molecular complexity index is 546. The Kier molecular flexibility index (Phi) is 4.40. The van der Waals surface area contributed by atoms with Crippen LogP contribution in [0.15, 0.2) is 48.8 Å². The van der Waals surface area contributed by atoms with Crippen molar-refractivity contribution in [2.75, 3.05) is 6.54 Å². The van der Waals surface area contributed by atoms with Gasteiger partial charge in [-0.05, 0) is 29.2 Å². The van der Waals surface area contributed by atoms with Crippen molar-refractivity contribution in [3.63, 3.8) is 0 Å². The van der Waals surface area contributed by atoms with Gasteiger partial charge in [-0.25, -0.2) is 0 Å². The van der Waals surface area contributed by atoms with Crippen LogP contribution in [0.4, 0.5) is 0 Å². The molecule has 2 aromatic rings. The van der Waals surface area contributed by atoms with E-state index < -0.39 is 0 Å². The predicted octanol–water partition coefficient (Wildman–Crippen LogP) is 3.46. The first kappa shape index (κ1) is 14.5. The van der Waals surface area contributed by atoms with Crippen molar-refractivity contribution in [1.82, 2.24) is 4.98 Å². The highest BCUT2D eigenvalue weighted by Gasteiger charge is 2.16. The first-order valence-electron chi connectivity index (χ1n) is 6.88. The number of benzene rings is 1. The number of hydrogen-bond acceptors (Lipinski definition) is 3. The van der Waals surface area contributed by atoms with Crippen LogP contribution < -0.4 is 10.5 Å². The molecule has 0 saturated carbocycles. The zero-order valence-corrected chi connectivity index (χ0v) is 12.3. The fourth-order valence-electron chi connectivity index (χ4n) is 2.02. The van der Waals surface area contributed by atoms with E-state index in [1.807, 2.05) is 24.3 Å². The molecule has 20 heavy (non-hydrogen) atoms. The number of rotatable bonds is 4. The molecule has 0 saturated heterocycles. The minimum atomic E-state index is -0.168. The summed E-state index contributed by atoms with van der Waals surface area (Å²) in [6.07, 6.45) is 3.38. The summed E-state index contributed by atoms with van der Waals surface area (Å²) < 4.78 is 6.02. The first-order valence-corrected chi connectivity index (χ1v) is 6.88. The van der Waals surface area contributed by atoms with Crippen LogP contribution in [0.3, 0.4) is 0 Å². The average molecular weight is 270 g/mol. The van der Waals surface area contributed by atoms with Crippen LogP contribution in [0.2, 0.25) is 0 Å². The van der Waals surface area contributed by atoms with E-state index in [-0.39, 0.29) is 11.5 Å². The molecule has 0 aliphatic heterocycles. The molecule has 1 unspecified atom stereocenters. The highest BCUT2D eigenvalue weighted by Crippen LogP contribution is 2.28. The first-order chi connectivity index (χ1) is 9.50. The quantitative estimate of drug-likeness (QED) is 0.925. The molecular formula is C17H22N2O. The number of pyridine rings is 1. The van der Waals surface area contributed by atoms with Gasteiger partial charge in [-0.1, -0.05) is 39.0 Å². The van der Waals surface area contributed by atoms with Gasteiger partial charge in [0.05, 0.1) is 0 Å². The molecule has 0 aliphatic carbocycles. The minimum Gasteiger partial charge on any atom is -0.484 e. The number of ether oxygens (including phenoxy) is 1. The zero-order valence-electron chi connectivity index (χ0n) is 12.3. The van der Waals surface area contributed by atoms with Gasteiger partial charge < -0.3 is 10.5 Å². The van der Waals surface area contributed by atoms with Gasteiger partial charge >= 0.3 is 0 Å². The lowest BCUT2D eigenvalue weighted by molar-refractivity contribution is 0.213. The Balaban J connectivity index is 2.20. The van der Waals surface area contributed by atoms with Gasteiger partial charge in [-0.2, -0.15) is 0 Å². The van der Waals surface area contributed by atoms with E-state index in [4.69, 9.17) is 10.5 Å². The van der Waals surface area contributed by atoms with Crippen molar-refractivity contribution in [2.24, 2.45) is 5.73 Å². The van der Waals surface area contributed by atoms with Crippen LogP contribution in [0.25, 0.3) is 0 Å². The standard InChI is InChI=1S/C17H22N2O/c1-17(2,3)14-7-4-8-15(10-14)20-16(11-18)13-6-5-9-19-12-13/h4-10,12,16H,11,18H2,1-3H3. The smallest absolute Gasteiger partial charge is 0.137 e. The largest absolute Gasteiger partial charge is 0.484 e. The molecule has 1 aromatic heterocycles. The Hall–Kier alpha value is -1.87. The summed E-state index contributed by atoms with van der Waals surface area (Å²) in [5, 5.41) is 0. The molecule has 3 nitrogen and oxygen atoms in total. The summed E-state index contributed by atoms with van der Waals surface area (Å²) in [6.45, 7) is 6.99. The Morgan fingerprint density at radius 2 is 2.00 bits per heavy atom. The van der Waals surface area contributed by atoms with E-state index >= 15 is 0 Å². The van der Waals surface area contributed by atoms with Crippen molar-refractivity contribution in [2.45, 2.75) is 32.3 Å². The van der Waals surface area contributed by atoms with Crippen molar-refractivity contribution in [1.29, 1.82) is 0 Å². The van der Waals surface area contributed by atoms with Crippen LogP contribution >= 0.6 is 0 Å². The third kappa shape index (κ3) is 3.58. The highest BCUT2D eigenvalue weighted by atomic mass is 16.5. The molecule has 0 radical (unpaired) electrons. The fourth-order valence-corrected chi connectivity index (χ4v) is 2.02. The maximum atomic E-state index is 6.02. The molecule has 2 N–H and O–H groups in total. The van der Waals surface area contributed by atoms with Crippen molar-refractivity contribution < 1.29 is 4.74 Å². The predicted molar refractivity (Wildman–Crippen MR) is 81.8 cm³/mol. The minimum absolute atomic E-state index is 0.103. The summed E-state index contributed by atoms with van der Waals surface area (Å²) in [5.74, 6) is 0.844. The third-order valence-corrected chi connectivity index (χ3v) is 3.25. The van der Waals surface area contributed by atoms with Crippen LogP contribution in [-0.2, 0) is 5.41 Å². The van der Waals surface area contributed by atoms with Gasteiger partial charge in [0.1, 0.15) is 11.9 Å². The van der Waals surface area contributed by atoms with E-state index in [1.165, 1.54) is 5.56 Å². The zero-order chi connectivity index (χ0) is 14.6. The molecular weight excluding hydrogens is 248 g/mol. The number of hydrogen-bond donors (Lipinski definition) is 1. The van der Waals surface area contributed by atoms with Gasteiger partial charge in [0.15, 0.2) is 0 Å². The topological polar surface area (TPSA) is 48.1 Å². The molecule has 1 atom stereocenters. The maximum absolute atomic E-state index is 6.02. The summed E-state index contributed by atoms with van der Waals surface area (Å²) in [4.78, 5) is 4.12. The van der Waals surface area contributed by atoms with E-state index in [2.05, 4.69) is 37.9 Å². The van der Waals surface area contributed by atoms with Crippen LogP contribution in [0.5, 0.6) is 5.75 Å². The molecule has 0 bridgehead atoms. The molecule has 0 spiro atoms. The second-order valence-electron chi connectivity index (χ2n) is 5.91. The fraction of sp³-hybridized carbons (Fsp3) is 0.353.